The molecule has 0 bridgehead atoms. The van der Waals surface area contributed by atoms with Gasteiger partial charge in [0.25, 0.3) is 0 Å². The second kappa shape index (κ2) is 7.05. The zero-order valence-corrected chi connectivity index (χ0v) is 15.4. The highest BCUT2D eigenvalue weighted by atomic mass is 16.5. The molecule has 0 fully saturated rings. The Morgan fingerprint density at radius 3 is 2.04 bits per heavy atom. The van der Waals surface area contributed by atoms with Crippen molar-refractivity contribution in [3.63, 3.8) is 0 Å². The molecule has 0 saturated heterocycles. The first kappa shape index (κ1) is 18.6. The van der Waals surface area contributed by atoms with Gasteiger partial charge in [-0.05, 0) is 59.2 Å². The van der Waals surface area contributed by atoms with Gasteiger partial charge in [-0.2, -0.15) is 0 Å². The maximum absolute atomic E-state index is 12.6. The third-order valence-corrected chi connectivity index (χ3v) is 4.15. The Hall–Kier alpha value is -2.69. The molecule has 1 aromatic heterocycles. The van der Waals surface area contributed by atoms with E-state index in [9.17, 15) is 14.4 Å². The highest BCUT2D eigenvalue weighted by molar-refractivity contribution is 6.05. The molecule has 2 aromatic rings. The Labute approximate surface area is 147 Å². The number of carbonyl (C=O) groups is 3. The fourth-order valence-corrected chi connectivity index (χ4v) is 3.10. The molecule has 5 heteroatoms. The van der Waals surface area contributed by atoms with Crippen LogP contribution in [0.4, 0.5) is 0 Å². The van der Waals surface area contributed by atoms with Gasteiger partial charge in [0.15, 0.2) is 11.9 Å². The van der Waals surface area contributed by atoms with E-state index in [4.69, 9.17) is 4.74 Å². The molecule has 0 amide bonds. The molecule has 1 N–H and O–H groups in total. The number of ether oxygens (including phenoxy) is 1. The van der Waals surface area contributed by atoms with Gasteiger partial charge >= 0.3 is 5.97 Å². The highest BCUT2D eigenvalue weighted by Gasteiger charge is 2.26. The average molecular weight is 341 g/mol. The van der Waals surface area contributed by atoms with Crippen LogP contribution in [0.5, 0.6) is 0 Å². The Morgan fingerprint density at radius 1 is 1.00 bits per heavy atom. The van der Waals surface area contributed by atoms with Crippen molar-refractivity contribution in [3.05, 3.63) is 57.4 Å². The zero-order chi connectivity index (χ0) is 18.9. The van der Waals surface area contributed by atoms with Gasteiger partial charge in [0.1, 0.15) is 0 Å². The van der Waals surface area contributed by atoms with E-state index in [0.717, 1.165) is 11.1 Å². The minimum Gasteiger partial charge on any atom is -0.451 e. The number of Topliss-reactive ketones (excluding diaryl/α,β-unsaturated/α-hetero) is 2. The molecule has 1 aromatic carbocycles. The Bertz CT molecular complexity index is 841. The number of aryl methyl sites for hydroxylation is 3. The van der Waals surface area contributed by atoms with E-state index < -0.39 is 12.1 Å². The van der Waals surface area contributed by atoms with Crippen molar-refractivity contribution in [2.75, 3.05) is 0 Å². The van der Waals surface area contributed by atoms with Crippen molar-refractivity contribution in [2.24, 2.45) is 0 Å². The maximum Gasteiger partial charge on any atom is 0.338 e. The van der Waals surface area contributed by atoms with Crippen LogP contribution in [-0.4, -0.2) is 28.6 Å². The number of benzene rings is 1. The summed E-state index contributed by atoms with van der Waals surface area (Å²) in [6.07, 6.45) is -0.954. The minimum atomic E-state index is -0.954. The molecule has 0 aliphatic rings. The topological polar surface area (TPSA) is 76.2 Å². The van der Waals surface area contributed by atoms with Crippen LogP contribution in [0.1, 0.15) is 67.4 Å². The van der Waals surface area contributed by atoms with E-state index in [0.29, 0.717) is 28.1 Å². The second-order valence-corrected chi connectivity index (χ2v) is 6.47. The number of esters is 1. The number of aromatic nitrogens is 1. The van der Waals surface area contributed by atoms with Crippen LogP contribution in [0.15, 0.2) is 18.2 Å². The van der Waals surface area contributed by atoms with Crippen LogP contribution in [0.25, 0.3) is 0 Å². The first-order chi connectivity index (χ1) is 11.6. The average Bonchev–Trinajstić information content (AvgIpc) is 2.80. The molecule has 132 valence electrons. The zero-order valence-electron chi connectivity index (χ0n) is 15.4. The summed E-state index contributed by atoms with van der Waals surface area (Å²) >= 11 is 0. The van der Waals surface area contributed by atoms with Crippen molar-refractivity contribution >= 4 is 17.5 Å². The quantitative estimate of drug-likeness (QED) is 0.661. The number of H-pyrrole nitrogens is 1. The van der Waals surface area contributed by atoms with E-state index >= 15 is 0 Å². The largest absolute Gasteiger partial charge is 0.451 e. The fraction of sp³-hybridized carbons (Fsp3) is 0.350. The number of hydrogen-bond acceptors (Lipinski definition) is 4. The van der Waals surface area contributed by atoms with Crippen LogP contribution in [0.2, 0.25) is 0 Å². The molecular weight excluding hydrogens is 318 g/mol. The number of carbonyl (C=O) groups excluding carboxylic acids is 3. The van der Waals surface area contributed by atoms with Crippen molar-refractivity contribution in [2.45, 2.75) is 47.6 Å². The molecule has 1 atom stereocenters. The SMILES string of the molecule is CC(=O)c1c(C)[nH]c(C(=O)C(C)OC(=O)c2cc(C)cc(C)c2)c1C. The van der Waals surface area contributed by atoms with Crippen LogP contribution < -0.4 is 0 Å². The number of hydrogen-bond donors (Lipinski definition) is 1. The van der Waals surface area contributed by atoms with Crippen molar-refractivity contribution < 1.29 is 19.1 Å². The summed E-state index contributed by atoms with van der Waals surface area (Å²) in [5, 5.41) is 0. The minimum absolute atomic E-state index is 0.106. The molecule has 1 heterocycles. The third kappa shape index (κ3) is 3.87. The van der Waals surface area contributed by atoms with Crippen LogP contribution >= 0.6 is 0 Å². The van der Waals surface area contributed by atoms with E-state index in [2.05, 4.69) is 4.98 Å². The predicted octanol–water partition coefficient (Wildman–Crippen LogP) is 3.88. The lowest BCUT2D eigenvalue weighted by molar-refractivity contribution is 0.0316. The third-order valence-electron chi connectivity index (χ3n) is 4.15. The summed E-state index contributed by atoms with van der Waals surface area (Å²) in [5.41, 5.74) is 4.37. The fourth-order valence-electron chi connectivity index (χ4n) is 3.10. The molecule has 0 aliphatic heterocycles. The van der Waals surface area contributed by atoms with Gasteiger partial charge in [-0.3, -0.25) is 9.59 Å². The first-order valence-corrected chi connectivity index (χ1v) is 8.15. The Kier molecular flexibility index (Phi) is 5.26. The molecule has 5 nitrogen and oxygen atoms in total. The van der Waals surface area contributed by atoms with E-state index in [-0.39, 0.29) is 11.6 Å². The standard InChI is InChI=1S/C20H23NO4/c1-10-7-11(2)9-16(8-10)20(24)25-15(6)19(23)18-12(3)17(14(5)22)13(4)21-18/h7-9,15,21H,1-6H3. The lowest BCUT2D eigenvalue weighted by Crippen LogP contribution is -2.25. The number of aromatic amines is 1. The molecule has 0 radical (unpaired) electrons. The summed E-state index contributed by atoms with van der Waals surface area (Å²) in [6.45, 7) is 10.2. The van der Waals surface area contributed by atoms with Gasteiger partial charge in [-0.15, -0.1) is 0 Å². The van der Waals surface area contributed by atoms with Gasteiger partial charge in [-0.1, -0.05) is 17.2 Å². The molecule has 25 heavy (non-hydrogen) atoms. The smallest absolute Gasteiger partial charge is 0.338 e. The first-order valence-electron chi connectivity index (χ1n) is 8.15. The summed E-state index contributed by atoms with van der Waals surface area (Å²) in [4.78, 5) is 39.6. The lowest BCUT2D eigenvalue weighted by atomic mass is 10.0. The normalized spacial score (nSPS) is 11.9. The van der Waals surface area contributed by atoms with Gasteiger partial charge < -0.3 is 9.72 Å². The Balaban J connectivity index is 2.22. The van der Waals surface area contributed by atoms with Gasteiger partial charge in [0.05, 0.1) is 11.3 Å². The monoisotopic (exact) mass is 341 g/mol. The van der Waals surface area contributed by atoms with Crippen LogP contribution in [0, 0.1) is 27.7 Å². The highest BCUT2D eigenvalue weighted by Crippen LogP contribution is 2.21. The lowest BCUT2D eigenvalue weighted by Gasteiger charge is -2.13. The van der Waals surface area contributed by atoms with Crippen molar-refractivity contribution in [1.82, 2.24) is 4.98 Å². The van der Waals surface area contributed by atoms with Crippen molar-refractivity contribution in [3.8, 4) is 0 Å². The number of nitrogens with one attached hydrogen (secondary N) is 1. The van der Waals surface area contributed by atoms with E-state index in [1.165, 1.54) is 13.8 Å². The molecular formula is C20H23NO4. The summed E-state index contributed by atoms with van der Waals surface area (Å²) in [7, 11) is 0. The molecule has 1 unspecified atom stereocenters. The number of rotatable bonds is 5. The van der Waals surface area contributed by atoms with E-state index in [1.54, 1.807) is 26.0 Å². The van der Waals surface area contributed by atoms with Crippen molar-refractivity contribution in [1.29, 1.82) is 0 Å². The summed E-state index contributed by atoms with van der Waals surface area (Å²) in [5.74, 6) is -1.00. The van der Waals surface area contributed by atoms with Gasteiger partial charge in [0, 0.05) is 11.3 Å². The molecule has 0 spiro atoms. The predicted molar refractivity (Wildman–Crippen MR) is 95.4 cm³/mol. The second-order valence-electron chi connectivity index (χ2n) is 6.47. The van der Waals surface area contributed by atoms with Crippen LogP contribution in [0.3, 0.4) is 0 Å². The number of ketones is 2. The maximum atomic E-state index is 12.6. The van der Waals surface area contributed by atoms with Gasteiger partial charge in [0.2, 0.25) is 5.78 Å². The summed E-state index contributed by atoms with van der Waals surface area (Å²) < 4.78 is 5.33. The van der Waals surface area contributed by atoms with Gasteiger partial charge in [-0.25, -0.2) is 4.79 Å². The Morgan fingerprint density at radius 2 is 1.56 bits per heavy atom. The molecule has 0 aliphatic carbocycles. The summed E-state index contributed by atoms with van der Waals surface area (Å²) in [6, 6.07) is 5.41. The van der Waals surface area contributed by atoms with Crippen LogP contribution in [-0.2, 0) is 4.74 Å². The molecule has 2 rings (SSSR count). The molecule has 0 saturated carbocycles. The van der Waals surface area contributed by atoms with E-state index in [1.807, 2.05) is 19.9 Å².